The number of rotatable bonds is 5. The minimum Gasteiger partial charge on any atom is -0.456 e. The molecule has 0 aliphatic rings. The highest BCUT2D eigenvalue weighted by Gasteiger charge is 2.19. The Morgan fingerprint density at radius 1 is 0.291 bits per heavy atom. The molecule has 4 nitrogen and oxygen atoms in total. The summed E-state index contributed by atoms with van der Waals surface area (Å²) in [4.78, 5) is 15.7. The number of benzene rings is 9. The fraction of sp³-hybridized carbons (Fsp3) is 0. The fourth-order valence-electron chi connectivity index (χ4n) is 7.92. The van der Waals surface area contributed by atoms with Gasteiger partial charge in [0, 0.05) is 27.5 Å². The highest BCUT2D eigenvalue weighted by molar-refractivity contribution is 6.13. The van der Waals surface area contributed by atoms with E-state index in [1.165, 1.54) is 27.3 Å². The molecule has 0 unspecified atom stereocenters. The Labute approximate surface area is 317 Å². The van der Waals surface area contributed by atoms with Crippen LogP contribution in [0.1, 0.15) is 0 Å². The van der Waals surface area contributed by atoms with Crippen molar-refractivity contribution in [2.24, 2.45) is 0 Å². The standard InChI is InChI=1S/C51H31N3O/c1-3-10-32(11-4-1)37-24-26-42-39(28-37)21-19-35-20-23-41(31-44(35)42)50-52-49(40-22-18-34-14-7-8-15-36(34)29-40)53-51(54-50)43-16-9-17-47-48(43)45-30-38(25-27-46(45)55-47)33-12-5-2-6-13-33/h1-31H. The van der Waals surface area contributed by atoms with Gasteiger partial charge in [0.05, 0.1) is 0 Å². The first-order valence-electron chi connectivity index (χ1n) is 18.5. The third-order valence-electron chi connectivity index (χ3n) is 10.7. The smallest absolute Gasteiger partial charge is 0.164 e. The molecule has 0 saturated carbocycles. The van der Waals surface area contributed by atoms with Crippen LogP contribution in [-0.4, -0.2) is 15.0 Å². The zero-order valence-electron chi connectivity index (χ0n) is 29.6. The quantitative estimate of drug-likeness (QED) is 0.168. The maximum absolute atomic E-state index is 6.44. The van der Waals surface area contributed by atoms with Crippen LogP contribution in [0.25, 0.3) is 111 Å². The molecule has 0 N–H and O–H groups in total. The highest BCUT2D eigenvalue weighted by Crippen LogP contribution is 2.39. The lowest BCUT2D eigenvalue weighted by molar-refractivity contribution is 0.669. The SMILES string of the molecule is c1ccc(-c2ccc3c(ccc4ccc(-c5nc(-c6ccc7ccccc7c6)nc(-c6cccc7oc8ccc(-c9ccccc9)cc8c67)n5)cc43)c2)cc1. The summed E-state index contributed by atoms with van der Waals surface area (Å²) >= 11 is 0. The van der Waals surface area contributed by atoms with Gasteiger partial charge in [-0.2, -0.15) is 0 Å². The van der Waals surface area contributed by atoms with Crippen molar-refractivity contribution in [3.8, 4) is 56.4 Å². The minimum atomic E-state index is 0.595. The molecule has 11 aromatic rings. The van der Waals surface area contributed by atoms with Crippen LogP contribution < -0.4 is 0 Å². The van der Waals surface area contributed by atoms with E-state index >= 15 is 0 Å². The van der Waals surface area contributed by atoms with Gasteiger partial charge in [-0.1, -0.05) is 152 Å². The van der Waals surface area contributed by atoms with E-state index in [9.17, 15) is 0 Å². The molecular formula is C51H31N3O. The Hall–Kier alpha value is -7.43. The monoisotopic (exact) mass is 701 g/mol. The van der Waals surface area contributed by atoms with E-state index in [1.807, 2.05) is 18.2 Å². The second kappa shape index (κ2) is 12.6. The molecule has 2 aromatic heterocycles. The molecule has 0 amide bonds. The average Bonchev–Trinajstić information content (AvgIpc) is 3.64. The second-order valence-corrected chi connectivity index (χ2v) is 14.0. The largest absolute Gasteiger partial charge is 0.456 e. The first-order valence-corrected chi connectivity index (χ1v) is 18.5. The summed E-state index contributed by atoms with van der Waals surface area (Å²) < 4.78 is 6.44. The number of furan rings is 1. The van der Waals surface area contributed by atoms with E-state index in [2.05, 4.69) is 170 Å². The molecule has 0 aliphatic carbocycles. The lowest BCUT2D eigenvalue weighted by Gasteiger charge is -2.12. The highest BCUT2D eigenvalue weighted by atomic mass is 16.3. The van der Waals surface area contributed by atoms with Crippen molar-refractivity contribution in [1.82, 2.24) is 15.0 Å². The number of aromatic nitrogens is 3. The Balaban J connectivity index is 1.12. The Morgan fingerprint density at radius 2 is 0.855 bits per heavy atom. The molecule has 0 fully saturated rings. The Bertz CT molecular complexity index is 3260. The van der Waals surface area contributed by atoms with E-state index in [1.54, 1.807) is 0 Å². The summed E-state index contributed by atoms with van der Waals surface area (Å²) in [6.45, 7) is 0. The van der Waals surface area contributed by atoms with E-state index in [0.717, 1.165) is 65.9 Å². The van der Waals surface area contributed by atoms with Gasteiger partial charge in [-0.15, -0.1) is 0 Å². The Kier molecular flexibility index (Phi) is 7.14. The molecule has 0 bridgehead atoms. The summed E-state index contributed by atoms with van der Waals surface area (Å²) in [5.74, 6) is 1.82. The number of nitrogens with zero attached hydrogens (tertiary/aromatic N) is 3. The van der Waals surface area contributed by atoms with Crippen LogP contribution in [0.2, 0.25) is 0 Å². The fourth-order valence-corrected chi connectivity index (χ4v) is 7.92. The molecule has 256 valence electrons. The number of hydrogen-bond acceptors (Lipinski definition) is 4. The van der Waals surface area contributed by atoms with Gasteiger partial charge in [-0.25, -0.2) is 15.0 Å². The summed E-state index contributed by atoms with van der Waals surface area (Å²) in [6, 6.07) is 65.9. The van der Waals surface area contributed by atoms with E-state index < -0.39 is 0 Å². The molecular weight excluding hydrogens is 671 g/mol. The molecule has 11 rings (SSSR count). The third kappa shape index (κ3) is 5.43. The van der Waals surface area contributed by atoms with Gasteiger partial charge in [-0.3, -0.25) is 0 Å². The van der Waals surface area contributed by atoms with Gasteiger partial charge in [0.25, 0.3) is 0 Å². The number of fused-ring (bicyclic) bond motifs is 7. The van der Waals surface area contributed by atoms with Gasteiger partial charge in [0.1, 0.15) is 11.2 Å². The molecule has 0 radical (unpaired) electrons. The van der Waals surface area contributed by atoms with Crippen LogP contribution in [0.5, 0.6) is 0 Å². The van der Waals surface area contributed by atoms with Crippen LogP contribution in [0.15, 0.2) is 192 Å². The maximum Gasteiger partial charge on any atom is 0.164 e. The van der Waals surface area contributed by atoms with Crippen LogP contribution >= 0.6 is 0 Å². The molecule has 0 saturated heterocycles. The summed E-state index contributed by atoms with van der Waals surface area (Å²) in [7, 11) is 0. The van der Waals surface area contributed by atoms with E-state index in [4.69, 9.17) is 19.4 Å². The normalized spacial score (nSPS) is 11.6. The number of hydrogen-bond donors (Lipinski definition) is 0. The minimum absolute atomic E-state index is 0.595. The first-order chi connectivity index (χ1) is 27.2. The van der Waals surface area contributed by atoms with Crippen molar-refractivity contribution in [2.45, 2.75) is 0 Å². The molecule has 2 heterocycles. The van der Waals surface area contributed by atoms with E-state index in [-0.39, 0.29) is 0 Å². The molecule has 55 heavy (non-hydrogen) atoms. The van der Waals surface area contributed by atoms with Crippen LogP contribution in [0, 0.1) is 0 Å². The van der Waals surface area contributed by atoms with Gasteiger partial charge in [0.2, 0.25) is 0 Å². The molecule has 9 aromatic carbocycles. The van der Waals surface area contributed by atoms with Crippen LogP contribution in [0.4, 0.5) is 0 Å². The summed E-state index contributed by atoms with van der Waals surface area (Å²) in [6.07, 6.45) is 0. The van der Waals surface area contributed by atoms with Crippen molar-refractivity contribution < 1.29 is 4.42 Å². The maximum atomic E-state index is 6.44. The lowest BCUT2D eigenvalue weighted by Crippen LogP contribution is -2.00. The second-order valence-electron chi connectivity index (χ2n) is 14.0. The van der Waals surface area contributed by atoms with Gasteiger partial charge < -0.3 is 4.42 Å². The van der Waals surface area contributed by atoms with Crippen LogP contribution in [0.3, 0.4) is 0 Å². The van der Waals surface area contributed by atoms with Gasteiger partial charge >= 0.3 is 0 Å². The van der Waals surface area contributed by atoms with Crippen LogP contribution in [-0.2, 0) is 0 Å². The molecule has 0 atom stereocenters. The van der Waals surface area contributed by atoms with Gasteiger partial charge in [0.15, 0.2) is 17.5 Å². The lowest BCUT2D eigenvalue weighted by atomic mass is 9.96. The van der Waals surface area contributed by atoms with Crippen molar-refractivity contribution in [1.29, 1.82) is 0 Å². The molecule has 0 spiro atoms. The van der Waals surface area contributed by atoms with Gasteiger partial charge in [-0.05, 0) is 91.0 Å². The zero-order valence-corrected chi connectivity index (χ0v) is 29.6. The topological polar surface area (TPSA) is 51.8 Å². The summed E-state index contributed by atoms with van der Waals surface area (Å²) in [5, 5.41) is 8.99. The van der Waals surface area contributed by atoms with Crippen molar-refractivity contribution in [3.63, 3.8) is 0 Å². The summed E-state index contributed by atoms with van der Waals surface area (Å²) in [5.41, 5.74) is 9.04. The van der Waals surface area contributed by atoms with E-state index in [0.29, 0.717) is 17.5 Å². The predicted molar refractivity (Wildman–Crippen MR) is 227 cm³/mol. The average molecular weight is 702 g/mol. The predicted octanol–water partition coefficient (Wildman–Crippen LogP) is 13.6. The van der Waals surface area contributed by atoms with Crippen molar-refractivity contribution in [3.05, 3.63) is 188 Å². The first kappa shape index (κ1) is 31.1. The zero-order chi connectivity index (χ0) is 36.3. The third-order valence-corrected chi connectivity index (χ3v) is 10.7. The molecule has 4 heteroatoms. The van der Waals surface area contributed by atoms with Crippen molar-refractivity contribution >= 4 is 54.3 Å². The Morgan fingerprint density at radius 3 is 1.64 bits per heavy atom. The van der Waals surface area contributed by atoms with Crippen molar-refractivity contribution in [2.75, 3.05) is 0 Å². The molecule has 0 aliphatic heterocycles.